The van der Waals surface area contributed by atoms with Gasteiger partial charge in [-0.2, -0.15) is 0 Å². The summed E-state index contributed by atoms with van der Waals surface area (Å²) in [4.78, 5) is 25.6. The average Bonchev–Trinajstić information content (AvgIpc) is 2.47. The maximum Gasteiger partial charge on any atom is 0.238 e. The quantitative estimate of drug-likeness (QED) is 0.894. The Morgan fingerprint density at radius 3 is 2.43 bits per heavy atom. The maximum atomic E-state index is 12.2. The second kappa shape index (κ2) is 7.13. The summed E-state index contributed by atoms with van der Waals surface area (Å²) in [6.45, 7) is 7.40. The van der Waals surface area contributed by atoms with Gasteiger partial charge in [0.1, 0.15) is 0 Å². The van der Waals surface area contributed by atoms with Gasteiger partial charge >= 0.3 is 0 Å². The summed E-state index contributed by atoms with van der Waals surface area (Å²) in [5.74, 6) is -0.450. The van der Waals surface area contributed by atoms with E-state index in [0.29, 0.717) is 0 Å². The molecule has 23 heavy (non-hydrogen) atoms. The zero-order valence-corrected chi connectivity index (χ0v) is 14.3. The molecule has 1 unspecified atom stereocenters. The predicted molar refractivity (Wildman–Crippen MR) is 92.2 cm³/mol. The van der Waals surface area contributed by atoms with Crippen LogP contribution in [0.4, 0.5) is 5.69 Å². The first kappa shape index (κ1) is 17.5. The second-order valence-corrected chi connectivity index (χ2v) is 7.26. The van der Waals surface area contributed by atoms with Gasteiger partial charge < -0.3 is 11.1 Å². The fourth-order valence-corrected chi connectivity index (χ4v) is 2.94. The lowest BCUT2D eigenvalue weighted by Crippen LogP contribution is -2.50. The van der Waals surface area contributed by atoms with Crippen LogP contribution in [0.1, 0.15) is 45.6 Å². The van der Waals surface area contributed by atoms with Crippen molar-refractivity contribution >= 4 is 17.5 Å². The van der Waals surface area contributed by atoms with Gasteiger partial charge in [-0.3, -0.25) is 14.5 Å². The molecule has 2 rings (SSSR count). The van der Waals surface area contributed by atoms with Gasteiger partial charge in [0.2, 0.25) is 11.8 Å². The molecule has 0 aromatic heterocycles. The Hall–Kier alpha value is -1.88. The lowest BCUT2D eigenvalue weighted by molar-refractivity contribution is -0.126. The lowest BCUT2D eigenvalue weighted by Gasteiger charge is -2.32. The molecular formula is C18H27N3O2. The Morgan fingerprint density at radius 1 is 1.22 bits per heavy atom. The number of nitrogens with two attached hydrogens (primary N) is 1. The van der Waals surface area contributed by atoms with E-state index in [1.54, 1.807) is 0 Å². The second-order valence-electron chi connectivity index (χ2n) is 7.26. The predicted octanol–water partition coefficient (Wildman–Crippen LogP) is 2.26. The first-order valence-corrected chi connectivity index (χ1v) is 8.21. The molecule has 3 N–H and O–H groups in total. The summed E-state index contributed by atoms with van der Waals surface area (Å²) >= 11 is 0. The monoisotopic (exact) mass is 317 g/mol. The molecule has 1 aromatic rings. The van der Waals surface area contributed by atoms with E-state index in [9.17, 15) is 9.59 Å². The van der Waals surface area contributed by atoms with E-state index < -0.39 is 0 Å². The van der Waals surface area contributed by atoms with Gasteiger partial charge in [-0.05, 0) is 42.5 Å². The zero-order valence-electron chi connectivity index (χ0n) is 14.3. The van der Waals surface area contributed by atoms with Crippen molar-refractivity contribution in [2.75, 3.05) is 18.4 Å². The number of carbonyl (C=O) groups is 2. The topological polar surface area (TPSA) is 75.4 Å². The molecule has 1 aromatic carbocycles. The molecule has 5 heteroatoms. The standard InChI is InChI=1S/C18H27N3O2/c1-18(2,3)13-7-9-14(10-8-13)20-16(22)12-21-11-5-4-6-15(21)17(19)23/h7-10,15H,4-6,11-12H2,1-3H3,(H2,19,23)(H,20,22). The maximum absolute atomic E-state index is 12.2. The van der Waals surface area contributed by atoms with Gasteiger partial charge in [0, 0.05) is 5.69 Å². The van der Waals surface area contributed by atoms with E-state index in [1.165, 1.54) is 5.56 Å². The smallest absolute Gasteiger partial charge is 0.238 e. The Labute approximate surface area is 138 Å². The first-order valence-electron chi connectivity index (χ1n) is 8.21. The zero-order chi connectivity index (χ0) is 17.0. The Balaban J connectivity index is 1.95. The third kappa shape index (κ3) is 4.79. The molecule has 126 valence electrons. The van der Waals surface area contributed by atoms with Crippen LogP contribution in [-0.4, -0.2) is 35.8 Å². The molecule has 1 fully saturated rings. The number of nitrogens with zero attached hydrogens (tertiary/aromatic N) is 1. The largest absolute Gasteiger partial charge is 0.368 e. The van der Waals surface area contributed by atoms with Crippen LogP contribution in [0.25, 0.3) is 0 Å². The Kier molecular flexibility index (Phi) is 5.42. The van der Waals surface area contributed by atoms with E-state index in [2.05, 4.69) is 26.1 Å². The SMILES string of the molecule is CC(C)(C)c1ccc(NC(=O)CN2CCCCC2C(N)=O)cc1. The number of primary amides is 1. The van der Waals surface area contributed by atoms with Crippen molar-refractivity contribution in [2.24, 2.45) is 5.73 Å². The van der Waals surface area contributed by atoms with E-state index in [1.807, 2.05) is 29.2 Å². The minimum atomic E-state index is -0.341. The fourth-order valence-electron chi connectivity index (χ4n) is 2.94. The van der Waals surface area contributed by atoms with Gasteiger partial charge in [-0.15, -0.1) is 0 Å². The molecule has 0 saturated carbocycles. The third-order valence-electron chi connectivity index (χ3n) is 4.32. The molecule has 0 spiro atoms. The van der Waals surface area contributed by atoms with Crippen molar-refractivity contribution < 1.29 is 9.59 Å². The summed E-state index contributed by atoms with van der Waals surface area (Å²) in [6, 6.07) is 7.57. The van der Waals surface area contributed by atoms with Gasteiger partial charge in [0.05, 0.1) is 12.6 Å². The number of nitrogens with one attached hydrogen (secondary N) is 1. The summed E-state index contributed by atoms with van der Waals surface area (Å²) in [5.41, 5.74) is 7.52. The van der Waals surface area contributed by atoms with Crippen molar-refractivity contribution in [3.8, 4) is 0 Å². The number of likely N-dealkylation sites (tertiary alicyclic amines) is 1. The average molecular weight is 317 g/mol. The molecule has 2 amide bonds. The Morgan fingerprint density at radius 2 is 1.87 bits per heavy atom. The van der Waals surface area contributed by atoms with Crippen molar-refractivity contribution in [1.29, 1.82) is 0 Å². The fraction of sp³-hybridized carbons (Fsp3) is 0.556. The van der Waals surface area contributed by atoms with E-state index >= 15 is 0 Å². The van der Waals surface area contributed by atoms with E-state index in [4.69, 9.17) is 5.73 Å². The van der Waals surface area contributed by atoms with Gasteiger partial charge in [-0.25, -0.2) is 0 Å². The molecule has 1 aliphatic rings. The van der Waals surface area contributed by atoms with Crippen LogP contribution in [0.2, 0.25) is 0 Å². The lowest BCUT2D eigenvalue weighted by atomic mass is 9.87. The third-order valence-corrected chi connectivity index (χ3v) is 4.32. The highest BCUT2D eigenvalue weighted by molar-refractivity contribution is 5.92. The van der Waals surface area contributed by atoms with Crippen LogP contribution < -0.4 is 11.1 Å². The van der Waals surface area contributed by atoms with Crippen molar-refractivity contribution in [2.45, 2.75) is 51.5 Å². The first-order chi connectivity index (χ1) is 10.8. The van der Waals surface area contributed by atoms with Crippen LogP contribution in [0.15, 0.2) is 24.3 Å². The minimum Gasteiger partial charge on any atom is -0.368 e. The van der Waals surface area contributed by atoms with E-state index in [0.717, 1.165) is 31.5 Å². The van der Waals surface area contributed by atoms with Crippen molar-refractivity contribution in [3.63, 3.8) is 0 Å². The molecule has 0 bridgehead atoms. The van der Waals surface area contributed by atoms with Gasteiger partial charge in [0.15, 0.2) is 0 Å². The molecule has 5 nitrogen and oxygen atoms in total. The Bertz CT molecular complexity index is 561. The number of hydrogen-bond acceptors (Lipinski definition) is 3. The molecule has 1 atom stereocenters. The summed E-state index contributed by atoms with van der Waals surface area (Å²) < 4.78 is 0. The number of amides is 2. The van der Waals surface area contributed by atoms with Crippen molar-refractivity contribution in [1.82, 2.24) is 4.90 Å². The van der Waals surface area contributed by atoms with Crippen LogP contribution in [0, 0.1) is 0 Å². The molecular weight excluding hydrogens is 290 g/mol. The van der Waals surface area contributed by atoms with Crippen LogP contribution in [0.3, 0.4) is 0 Å². The number of rotatable bonds is 4. The molecule has 1 heterocycles. The number of piperidine rings is 1. The van der Waals surface area contributed by atoms with Crippen LogP contribution in [0.5, 0.6) is 0 Å². The summed E-state index contributed by atoms with van der Waals surface area (Å²) in [6.07, 6.45) is 2.72. The summed E-state index contributed by atoms with van der Waals surface area (Å²) in [7, 11) is 0. The molecule has 1 aliphatic heterocycles. The van der Waals surface area contributed by atoms with Gasteiger partial charge in [0.25, 0.3) is 0 Å². The minimum absolute atomic E-state index is 0.0883. The number of hydrogen-bond donors (Lipinski definition) is 2. The van der Waals surface area contributed by atoms with E-state index in [-0.39, 0.29) is 29.8 Å². The van der Waals surface area contributed by atoms with Gasteiger partial charge in [-0.1, -0.05) is 39.3 Å². The normalized spacial score (nSPS) is 19.3. The highest BCUT2D eigenvalue weighted by Gasteiger charge is 2.28. The number of anilines is 1. The summed E-state index contributed by atoms with van der Waals surface area (Å²) in [5, 5.41) is 2.89. The highest BCUT2D eigenvalue weighted by atomic mass is 16.2. The molecule has 0 radical (unpaired) electrons. The molecule has 0 aliphatic carbocycles. The van der Waals surface area contributed by atoms with Crippen LogP contribution >= 0.6 is 0 Å². The number of carbonyl (C=O) groups excluding carboxylic acids is 2. The highest BCUT2D eigenvalue weighted by Crippen LogP contribution is 2.23. The molecule has 1 saturated heterocycles. The number of benzene rings is 1. The van der Waals surface area contributed by atoms with Crippen LogP contribution in [-0.2, 0) is 15.0 Å². The van der Waals surface area contributed by atoms with Crippen molar-refractivity contribution in [3.05, 3.63) is 29.8 Å².